The Labute approximate surface area is 282 Å². The van der Waals surface area contributed by atoms with Gasteiger partial charge < -0.3 is 0 Å². The lowest BCUT2D eigenvalue weighted by Crippen LogP contribution is -1.85. The highest BCUT2D eigenvalue weighted by atomic mass is 16.1. The van der Waals surface area contributed by atoms with E-state index in [9.17, 15) is 38.4 Å². The van der Waals surface area contributed by atoms with Crippen molar-refractivity contribution >= 4 is 48.6 Å². The normalized spacial score (nSPS) is 8.33. The average molecular weight is 673 g/mol. The molecule has 0 aliphatic carbocycles. The van der Waals surface area contributed by atoms with E-state index in [1.54, 1.807) is 12.2 Å². The van der Waals surface area contributed by atoms with Gasteiger partial charge in [-0.1, -0.05) is 64.2 Å². The van der Waals surface area contributed by atoms with Crippen molar-refractivity contribution in [3.05, 3.63) is 0 Å². The number of hydrogen-bond donors (Lipinski definition) is 0. The van der Waals surface area contributed by atoms with E-state index < -0.39 is 0 Å². The standard InChI is InChI=1S/C14H24N2O2.C8H12N2O2.C6H8N2O2.C4H4N2O2/c17-13-15-11-9-7-5-3-1-2-4-6-8-10-12-16-14-18;11-7-9-5-3-1-2-4-6-10-8-12;9-5-7-3-1-2-4-8-6-10;7-3-5-1-2-6-4-8/h1-12H2;1-6H2;1-4H2;1-2H2. The van der Waals surface area contributed by atoms with Gasteiger partial charge in [-0.25, -0.2) is 78.3 Å². The first kappa shape index (κ1) is 49.9. The fraction of sp³-hybridized carbons (Fsp3) is 0.750. The third kappa shape index (κ3) is 68.3. The van der Waals surface area contributed by atoms with Gasteiger partial charge in [0.1, 0.15) is 0 Å². The lowest BCUT2D eigenvalue weighted by molar-refractivity contribution is 0.547. The Morgan fingerprint density at radius 1 is 0.188 bits per heavy atom. The minimum absolute atomic E-state index is 0.221. The van der Waals surface area contributed by atoms with Crippen LogP contribution >= 0.6 is 0 Å². The quantitative estimate of drug-likeness (QED) is 0.0629. The molecule has 48 heavy (non-hydrogen) atoms. The Morgan fingerprint density at radius 3 is 0.479 bits per heavy atom. The van der Waals surface area contributed by atoms with Crippen molar-refractivity contribution in [2.45, 2.75) is 103 Å². The molecule has 0 heterocycles. The Hall–Kier alpha value is -4.96. The van der Waals surface area contributed by atoms with Crippen LogP contribution in [0.5, 0.6) is 0 Å². The van der Waals surface area contributed by atoms with E-state index in [1.165, 1.54) is 75.0 Å². The van der Waals surface area contributed by atoms with Gasteiger partial charge in [-0.2, -0.15) is 0 Å². The van der Waals surface area contributed by atoms with Crippen LogP contribution in [0.2, 0.25) is 0 Å². The van der Waals surface area contributed by atoms with Gasteiger partial charge >= 0.3 is 0 Å². The molecule has 0 fully saturated rings. The van der Waals surface area contributed by atoms with Crippen LogP contribution in [0.1, 0.15) is 103 Å². The van der Waals surface area contributed by atoms with Crippen LogP contribution in [-0.2, 0) is 38.4 Å². The van der Waals surface area contributed by atoms with Crippen LogP contribution < -0.4 is 0 Å². The summed E-state index contributed by atoms with van der Waals surface area (Å²) in [5, 5.41) is 0. The first-order valence-corrected chi connectivity index (χ1v) is 16.0. The molecule has 0 saturated carbocycles. The molecule has 16 nitrogen and oxygen atoms in total. The average Bonchev–Trinajstić information content (AvgIpc) is 3.10. The number of isocyanates is 8. The molecule has 264 valence electrons. The second kappa shape index (κ2) is 57.7. The molecule has 0 aromatic heterocycles. The molecule has 0 spiro atoms. The van der Waals surface area contributed by atoms with Gasteiger partial charge in [0.2, 0.25) is 48.6 Å². The van der Waals surface area contributed by atoms with E-state index in [1.807, 2.05) is 0 Å². The number of aliphatic imine (C=N–C) groups is 8. The molecule has 0 unspecified atom stereocenters. The second-order valence-corrected chi connectivity index (χ2v) is 9.44. The molecular weight excluding hydrogens is 624 g/mol. The van der Waals surface area contributed by atoms with Crippen LogP contribution in [-0.4, -0.2) is 101 Å². The molecular formula is C32H48N8O8. The Morgan fingerprint density at radius 2 is 0.312 bits per heavy atom. The fourth-order valence-corrected chi connectivity index (χ4v) is 3.38. The summed E-state index contributed by atoms with van der Waals surface area (Å²) in [7, 11) is 0. The predicted octanol–water partition coefficient (Wildman–Crippen LogP) is 4.87. The second-order valence-electron chi connectivity index (χ2n) is 9.44. The van der Waals surface area contributed by atoms with E-state index in [0.717, 1.165) is 64.2 Å². The van der Waals surface area contributed by atoms with Crippen LogP contribution in [0.4, 0.5) is 0 Å². The van der Waals surface area contributed by atoms with Crippen molar-refractivity contribution in [1.29, 1.82) is 0 Å². The van der Waals surface area contributed by atoms with Gasteiger partial charge in [0.05, 0.1) is 52.4 Å². The van der Waals surface area contributed by atoms with Crippen molar-refractivity contribution in [2.24, 2.45) is 39.9 Å². The largest absolute Gasteiger partial charge is 0.235 e. The lowest BCUT2D eigenvalue weighted by atomic mass is 10.1. The summed E-state index contributed by atoms with van der Waals surface area (Å²) in [6, 6.07) is 0. The lowest BCUT2D eigenvalue weighted by Gasteiger charge is -2.01. The van der Waals surface area contributed by atoms with E-state index in [-0.39, 0.29) is 13.1 Å². The van der Waals surface area contributed by atoms with Gasteiger partial charge in [-0.3, -0.25) is 0 Å². The van der Waals surface area contributed by atoms with E-state index in [0.29, 0.717) is 39.3 Å². The van der Waals surface area contributed by atoms with E-state index in [4.69, 9.17) is 0 Å². The Balaban J connectivity index is -0.000000282. The highest BCUT2D eigenvalue weighted by molar-refractivity contribution is 5.34. The van der Waals surface area contributed by atoms with Crippen molar-refractivity contribution < 1.29 is 38.4 Å². The first-order valence-electron chi connectivity index (χ1n) is 16.0. The van der Waals surface area contributed by atoms with Crippen LogP contribution in [0, 0.1) is 0 Å². The highest BCUT2D eigenvalue weighted by Crippen LogP contribution is 2.10. The fourth-order valence-electron chi connectivity index (χ4n) is 3.38. The highest BCUT2D eigenvalue weighted by Gasteiger charge is 1.93. The topological polar surface area (TPSA) is 235 Å². The molecule has 0 saturated heterocycles. The SMILES string of the molecule is O=C=NCCCCCCCCCCCCN=C=O.O=C=NCCCCCCN=C=O.O=C=NCCCCN=C=O.O=C=NCCN=C=O. The Kier molecular flexibility index (Phi) is 60.0. The van der Waals surface area contributed by atoms with Crippen molar-refractivity contribution in [3.63, 3.8) is 0 Å². The zero-order valence-electron chi connectivity index (χ0n) is 27.8. The monoisotopic (exact) mass is 672 g/mol. The molecule has 0 aliphatic heterocycles. The van der Waals surface area contributed by atoms with Gasteiger partial charge in [-0.05, 0) is 38.5 Å². The predicted molar refractivity (Wildman–Crippen MR) is 178 cm³/mol. The van der Waals surface area contributed by atoms with Crippen molar-refractivity contribution in [2.75, 3.05) is 52.4 Å². The van der Waals surface area contributed by atoms with Crippen LogP contribution in [0.25, 0.3) is 0 Å². The van der Waals surface area contributed by atoms with Crippen molar-refractivity contribution in [1.82, 2.24) is 0 Å². The summed E-state index contributed by atoms with van der Waals surface area (Å²) >= 11 is 0. The number of rotatable bonds is 28. The molecule has 0 rings (SSSR count). The molecule has 16 heteroatoms. The molecule has 0 aliphatic rings. The molecule has 0 bridgehead atoms. The molecule has 0 amide bonds. The minimum atomic E-state index is 0.221. The summed E-state index contributed by atoms with van der Waals surface area (Å²) < 4.78 is 0. The zero-order valence-corrected chi connectivity index (χ0v) is 27.8. The maximum atomic E-state index is 9.81. The van der Waals surface area contributed by atoms with Crippen LogP contribution in [0.15, 0.2) is 39.9 Å². The number of unbranched alkanes of at least 4 members (excludes halogenated alkanes) is 13. The smallest absolute Gasteiger partial charge is 0.211 e. The maximum absolute atomic E-state index is 9.81. The summed E-state index contributed by atoms with van der Waals surface area (Å²) in [6.45, 7) is 3.76. The maximum Gasteiger partial charge on any atom is 0.235 e. The van der Waals surface area contributed by atoms with Crippen molar-refractivity contribution in [3.8, 4) is 0 Å². The van der Waals surface area contributed by atoms with E-state index >= 15 is 0 Å². The van der Waals surface area contributed by atoms with E-state index in [2.05, 4.69) is 39.9 Å². The molecule has 0 aromatic rings. The van der Waals surface area contributed by atoms with Crippen LogP contribution in [0.3, 0.4) is 0 Å². The minimum Gasteiger partial charge on any atom is -0.211 e. The molecule has 0 aromatic carbocycles. The first-order chi connectivity index (χ1) is 23.7. The number of carbonyl (C=O) groups excluding carboxylic acids is 8. The third-order valence-electron chi connectivity index (χ3n) is 5.71. The molecule has 0 radical (unpaired) electrons. The van der Waals surface area contributed by atoms with Gasteiger partial charge in [0.25, 0.3) is 0 Å². The van der Waals surface area contributed by atoms with Gasteiger partial charge in [-0.15, -0.1) is 0 Å². The third-order valence-corrected chi connectivity index (χ3v) is 5.71. The summed E-state index contributed by atoms with van der Waals surface area (Å²) in [6.07, 6.45) is 28.9. The zero-order chi connectivity index (χ0) is 36.3. The molecule has 0 atom stereocenters. The number of hydrogen-bond acceptors (Lipinski definition) is 16. The Bertz CT molecular complexity index is 1030. The number of nitrogens with zero attached hydrogens (tertiary/aromatic N) is 8. The van der Waals surface area contributed by atoms with Gasteiger partial charge in [0, 0.05) is 0 Å². The summed E-state index contributed by atoms with van der Waals surface area (Å²) in [4.78, 5) is 103. The summed E-state index contributed by atoms with van der Waals surface area (Å²) in [5.74, 6) is 0. The molecule has 0 N–H and O–H groups in total. The summed E-state index contributed by atoms with van der Waals surface area (Å²) in [5.41, 5.74) is 0. The van der Waals surface area contributed by atoms with Gasteiger partial charge in [0.15, 0.2) is 0 Å².